The summed E-state index contributed by atoms with van der Waals surface area (Å²) in [6, 6.07) is 4.01. The van der Waals surface area contributed by atoms with Crippen molar-refractivity contribution in [1.29, 1.82) is 0 Å². The number of sulfonamides is 1. The largest absolute Gasteiger partial charge is 0.340 e. The van der Waals surface area contributed by atoms with Crippen molar-refractivity contribution in [2.24, 2.45) is 5.92 Å². The number of rotatable bonds is 3. The summed E-state index contributed by atoms with van der Waals surface area (Å²) in [5.74, 6) is -1.46. The molecule has 0 N–H and O–H groups in total. The van der Waals surface area contributed by atoms with Crippen LogP contribution in [0.5, 0.6) is 0 Å². The Morgan fingerprint density at radius 1 is 1.23 bits per heavy atom. The molecule has 2 amide bonds. The summed E-state index contributed by atoms with van der Waals surface area (Å²) in [7, 11) is -3.27. The fourth-order valence-corrected chi connectivity index (χ4v) is 4.28. The summed E-state index contributed by atoms with van der Waals surface area (Å²) in [4.78, 5) is 28.0. The second kappa shape index (κ2) is 7.13. The van der Waals surface area contributed by atoms with Crippen LogP contribution in [0.1, 0.15) is 6.42 Å². The molecule has 0 aliphatic carbocycles. The summed E-state index contributed by atoms with van der Waals surface area (Å²) >= 11 is 5.77. The Hall–Kier alpha value is -1.71. The SMILES string of the molecule is CS(=O)(=O)N1CCN(C(=O)[C@@H]2CC(=O)N(c3ccc(F)c(Cl)c3)C2)CC1. The maximum Gasteiger partial charge on any atom is 0.228 e. The molecule has 3 rings (SSSR count). The molecule has 2 aliphatic rings. The van der Waals surface area contributed by atoms with E-state index in [0.717, 1.165) is 6.26 Å². The van der Waals surface area contributed by atoms with E-state index in [2.05, 4.69) is 0 Å². The molecule has 2 heterocycles. The molecule has 1 atom stereocenters. The van der Waals surface area contributed by atoms with Crippen molar-refractivity contribution in [3.05, 3.63) is 29.0 Å². The van der Waals surface area contributed by atoms with E-state index >= 15 is 0 Å². The van der Waals surface area contributed by atoms with Crippen LogP contribution >= 0.6 is 11.6 Å². The number of benzene rings is 1. The van der Waals surface area contributed by atoms with Gasteiger partial charge in [-0.2, -0.15) is 4.31 Å². The molecular formula is C16H19ClFN3O4S. The molecule has 7 nitrogen and oxygen atoms in total. The van der Waals surface area contributed by atoms with Gasteiger partial charge in [0.25, 0.3) is 0 Å². The summed E-state index contributed by atoms with van der Waals surface area (Å²) in [5, 5.41) is -0.0815. The molecule has 2 saturated heterocycles. The van der Waals surface area contributed by atoms with Crippen LogP contribution in [0.15, 0.2) is 18.2 Å². The number of anilines is 1. The number of hydrogen-bond acceptors (Lipinski definition) is 4. The van der Waals surface area contributed by atoms with Crippen molar-refractivity contribution >= 4 is 39.1 Å². The average Bonchev–Trinajstić information content (AvgIpc) is 2.98. The van der Waals surface area contributed by atoms with Crippen LogP contribution < -0.4 is 4.90 Å². The molecule has 0 unspecified atom stereocenters. The van der Waals surface area contributed by atoms with Gasteiger partial charge in [0.2, 0.25) is 21.8 Å². The molecule has 0 saturated carbocycles. The molecular weight excluding hydrogens is 385 g/mol. The van der Waals surface area contributed by atoms with E-state index in [4.69, 9.17) is 11.6 Å². The van der Waals surface area contributed by atoms with Gasteiger partial charge < -0.3 is 9.80 Å². The molecule has 10 heteroatoms. The Balaban J connectivity index is 1.65. The minimum atomic E-state index is -3.27. The van der Waals surface area contributed by atoms with Gasteiger partial charge in [-0.05, 0) is 18.2 Å². The van der Waals surface area contributed by atoms with Crippen molar-refractivity contribution in [3.8, 4) is 0 Å². The number of carbonyl (C=O) groups excluding carboxylic acids is 2. The molecule has 142 valence electrons. The van der Waals surface area contributed by atoms with Gasteiger partial charge in [0.1, 0.15) is 5.82 Å². The quantitative estimate of drug-likeness (QED) is 0.752. The van der Waals surface area contributed by atoms with Gasteiger partial charge in [-0.15, -0.1) is 0 Å². The van der Waals surface area contributed by atoms with Gasteiger partial charge in [0.15, 0.2) is 0 Å². The lowest BCUT2D eigenvalue weighted by molar-refractivity contribution is -0.136. The van der Waals surface area contributed by atoms with Crippen LogP contribution in [0.4, 0.5) is 10.1 Å². The highest BCUT2D eigenvalue weighted by molar-refractivity contribution is 7.88. The van der Waals surface area contributed by atoms with E-state index in [0.29, 0.717) is 18.8 Å². The Morgan fingerprint density at radius 2 is 1.88 bits per heavy atom. The lowest BCUT2D eigenvalue weighted by atomic mass is 10.1. The van der Waals surface area contributed by atoms with Gasteiger partial charge in [0.05, 0.1) is 17.2 Å². The van der Waals surface area contributed by atoms with E-state index < -0.39 is 21.8 Å². The minimum absolute atomic E-state index is 0.0696. The standard InChI is InChI=1S/C16H19ClFN3O4S/c1-26(24,25)20-6-4-19(5-7-20)16(23)11-8-15(22)21(10-11)12-2-3-14(18)13(17)9-12/h2-3,9,11H,4-8,10H2,1H3/t11-/m1/s1. The zero-order chi connectivity index (χ0) is 19.1. The molecule has 2 fully saturated rings. The van der Waals surface area contributed by atoms with E-state index in [1.165, 1.54) is 27.4 Å². The van der Waals surface area contributed by atoms with E-state index in [1.807, 2.05) is 0 Å². The number of carbonyl (C=O) groups is 2. The van der Waals surface area contributed by atoms with Crippen molar-refractivity contribution in [3.63, 3.8) is 0 Å². The van der Waals surface area contributed by atoms with E-state index in [9.17, 15) is 22.4 Å². The molecule has 0 spiro atoms. The predicted molar refractivity (Wildman–Crippen MR) is 94.9 cm³/mol. The first kappa shape index (κ1) is 19.1. The van der Waals surface area contributed by atoms with Crippen LogP contribution in [0.25, 0.3) is 0 Å². The lowest BCUT2D eigenvalue weighted by Crippen LogP contribution is -2.51. The summed E-state index contributed by atoms with van der Waals surface area (Å²) in [5.41, 5.74) is 0.457. The topological polar surface area (TPSA) is 78.0 Å². The van der Waals surface area contributed by atoms with Gasteiger partial charge in [0, 0.05) is 44.8 Å². The normalized spacial score (nSPS) is 22.1. The number of piperazine rings is 1. The average molecular weight is 404 g/mol. The highest BCUT2D eigenvalue weighted by Gasteiger charge is 2.38. The third-order valence-electron chi connectivity index (χ3n) is 4.71. The van der Waals surface area contributed by atoms with E-state index in [1.54, 1.807) is 4.90 Å². The highest BCUT2D eigenvalue weighted by atomic mass is 35.5. The Morgan fingerprint density at radius 3 is 2.46 bits per heavy atom. The summed E-state index contributed by atoms with van der Waals surface area (Å²) in [6.45, 7) is 1.31. The third-order valence-corrected chi connectivity index (χ3v) is 6.30. The van der Waals surface area contributed by atoms with Crippen LogP contribution in [-0.4, -0.2) is 68.4 Å². The molecule has 0 aromatic heterocycles. The van der Waals surface area contributed by atoms with Crippen LogP contribution in [0.3, 0.4) is 0 Å². The Kier molecular flexibility index (Phi) is 5.23. The van der Waals surface area contributed by atoms with Gasteiger partial charge in [-0.1, -0.05) is 11.6 Å². The lowest BCUT2D eigenvalue weighted by Gasteiger charge is -2.34. The summed E-state index contributed by atoms with van der Waals surface area (Å²) < 4.78 is 37.7. The molecule has 2 aliphatic heterocycles. The van der Waals surface area contributed by atoms with Gasteiger partial charge in [-0.3, -0.25) is 9.59 Å². The Labute approximate surface area is 156 Å². The predicted octanol–water partition coefficient (Wildman–Crippen LogP) is 0.936. The highest BCUT2D eigenvalue weighted by Crippen LogP contribution is 2.29. The van der Waals surface area contributed by atoms with Crippen molar-refractivity contribution < 1.29 is 22.4 Å². The first-order valence-electron chi connectivity index (χ1n) is 8.16. The number of nitrogens with zero attached hydrogens (tertiary/aromatic N) is 3. The maximum absolute atomic E-state index is 13.3. The monoisotopic (exact) mass is 403 g/mol. The zero-order valence-corrected chi connectivity index (χ0v) is 15.8. The molecule has 1 aromatic carbocycles. The second-order valence-corrected chi connectivity index (χ2v) is 8.88. The van der Waals surface area contributed by atoms with Gasteiger partial charge in [-0.25, -0.2) is 12.8 Å². The van der Waals surface area contributed by atoms with Crippen LogP contribution in [0.2, 0.25) is 5.02 Å². The van der Waals surface area contributed by atoms with Gasteiger partial charge >= 0.3 is 0 Å². The molecule has 0 radical (unpaired) electrons. The van der Waals surface area contributed by atoms with Crippen molar-refractivity contribution in [2.45, 2.75) is 6.42 Å². The number of hydrogen-bond donors (Lipinski definition) is 0. The minimum Gasteiger partial charge on any atom is -0.340 e. The fraction of sp³-hybridized carbons (Fsp3) is 0.500. The maximum atomic E-state index is 13.3. The van der Waals surface area contributed by atoms with E-state index in [-0.39, 0.29) is 42.9 Å². The summed E-state index contributed by atoms with van der Waals surface area (Å²) in [6.07, 6.45) is 1.21. The molecule has 26 heavy (non-hydrogen) atoms. The number of halogens is 2. The number of amides is 2. The first-order chi connectivity index (χ1) is 12.2. The zero-order valence-electron chi connectivity index (χ0n) is 14.2. The van der Waals surface area contributed by atoms with Crippen LogP contribution in [0, 0.1) is 11.7 Å². The first-order valence-corrected chi connectivity index (χ1v) is 10.4. The van der Waals surface area contributed by atoms with Crippen molar-refractivity contribution in [1.82, 2.24) is 9.21 Å². The van der Waals surface area contributed by atoms with Crippen LogP contribution in [-0.2, 0) is 19.6 Å². The fourth-order valence-electron chi connectivity index (χ4n) is 3.27. The van der Waals surface area contributed by atoms with Crippen molar-refractivity contribution in [2.75, 3.05) is 43.9 Å². The Bertz CT molecular complexity index is 840. The smallest absolute Gasteiger partial charge is 0.228 e. The second-order valence-electron chi connectivity index (χ2n) is 6.49. The third kappa shape index (κ3) is 3.84. The molecule has 0 bridgehead atoms. The molecule has 1 aromatic rings.